The third-order valence-corrected chi connectivity index (χ3v) is 7.91. The topological polar surface area (TPSA) is 176 Å². The molecule has 2 aromatic carbocycles. The maximum absolute atomic E-state index is 13.4. The quantitative estimate of drug-likeness (QED) is 0.184. The molecule has 0 saturated carbocycles. The minimum atomic E-state index is -1.04. The molecule has 2 amide bonds. The Morgan fingerprint density at radius 1 is 1.02 bits per heavy atom. The fourth-order valence-electron chi connectivity index (χ4n) is 5.39. The minimum Gasteiger partial charge on any atom is -0.462 e. The molecular weight excluding hydrogens is 612 g/mol. The SMILES string of the molecule is CC1(C)COC(=O)[C@@H]1OC(=O)C=Cc1ccccc1C(=O)O[C@@H]1CC(C(=O)NCc2cccc(C(=O)NCCO)c2)=C[C@H]2OCO[C@H]21. The highest BCUT2D eigenvalue weighted by Crippen LogP contribution is 2.32. The molecule has 0 radical (unpaired) electrons. The number of nitrogens with one attached hydrogen (secondary N) is 2. The molecule has 5 rings (SSSR count). The number of fused-ring (bicyclic) bond motifs is 1. The first kappa shape index (κ1) is 33.5. The lowest BCUT2D eigenvalue weighted by Gasteiger charge is -2.30. The van der Waals surface area contributed by atoms with Crippen molar-refractivity contribution in [3.63, 3.8) is 0 Å². The summed E-state index contributed by atoms with van der Waals surface area (Å²) in [5, 5.41) is 14.4. The molecule has 0 bridgehead atoms. The Morgan fingerprint density at radius 3 is 2.60 bits per heavy atom. The first-order chi connectivity index (χ1) is 22.6. The van der Waals surface area contributed by atoms with Gasteiger partial charge in [0, 0.05) is 42.1 Å². The molecule has 0 spiro atoms. The van der Waals surface area contributed by atoms with E-state index in [1.54, 1.807) is 68.5 Å². The molecule has 3 N–H and O–H groups in total. The summed E-state index contributed by atoms with van der Waals surface area (Å²) in [7, 11) is 0. The van der Waals surface area contributed by atoms with Crippen LogP contribution in [0.3, 0.4) is 0 Å². The largest absolute Gasteiger partial charge is 0.462 e. The molecule has 3 aliphatic rings. The highest BCUT2D eigenvalue weighted by molar-refractivity contribution is 5.97. The Bertz CT molecular complexity index is 1600. The van der Waals surface area contributed by atoms with Crippen LogP contribution in [0, 0.1) is 5.41 Å². The van der Waals surface area contributed by atoms with Crippen LogP contribution < -0.4 is 10.6 Å². The molecule has 47 heavy (non-hydrogen) atoms. The second-order valence-electron chi connectivity index (χ2n) is 11.9. The van der Waals surface area contributed by atoms with Gasteiger partial charge in [-0.2, -0.15) is 0 Å². The summed E-state index contributed by atoms with van der Waals surface area (Å²) in [5.74, 6) is -2.81. The van der Waals surface area contributed by atoms with E-state index in [2.05, 4.69) is 10.6 Å². The molecule has 13 heteroatoms. The average molecular weight is 649 g/mol. The third-order valence-electron chi connectivity index (χ3n) is 7.91. The van der Waals surface area contributed by atoms with Gasteiger partial charge < -0.3 is 39.4 Å². The molecular formula is C34H36N2O11. The van der Waals surface area contributed by atoms with Gasteiger partial charge in [0.05, 0.1) is 12.2 Å². The summed E-state index contributed by atoms with van der Waals surface area (Å²) in [6.45, 7) is 3.70. The number of hydrogen-bond donors (Lipinski definition) is 3. The molecule has 0 unspecified atom stereocenters. The highest BCUT2D eigenvalue weighted by atomic mass is 16.7. The molecule has 4 atom stereocenters. The van der Waals surface area contributed by atoms with E-state index in [0.29, 0.717) is 22.3 Å². The van der Waals surface area contributed by atoms with Gasteiger partial charge in [0.2, 0.25) is 12.0 Å². The number of carbonyl (C=O) groups is 5. The van der Waals surface area contributed by atoms with E-state index < -0.39 is 53.6 Å². The van der Waals surface area contributed by atoms with E-state index in [0.717, 1.165) is 6.08 Å². The summed E-state index contributed by atoms with van der Waals surface area (Å²) in [6, 6.07) is 13.2. The molecule has 13 nitrogen and oxygen atoms in total. The van der Waals surface area contributed by atoms with Crippen molar-refractivity contribution in [1.29, 1.82) is 0 Å². The molecule has 2 heterocycles. The third kappa shape index (κ3) is 8.12. The first-order valence-electron chi connectivity index (χ1n) is 15.1. The fourth-order valence-corrected chi connectivity index (χ4v) is 5.39. The zero-order chi connectivity index (χ0) is 33.6. The van der Waals surface area contributed by atoms with Gasteiger partial charge in [0.1, 0.15) is 31.7 Å². The molecule has 2 saturated heterocycles. The van der Waals surface area contributed by atoms with Crippen molar-refractivity contribution in [3.05, 3.63) is 88.5 Å². The van der Waals surface area contributed by atoms with Gasteiger partial charge >= 0.3 is 17.9 Å². The van der Waals surface area contributed by atoms with Crippen LogP contribution in [-0.2, 0) is 44.6 Å². The lowest BCUT2D eigenvalue weighted by molar-refractivity contribution is -0.159. The summed E-state index contributed by atoms with van der Waals surface area (Å²) in [5.41, 5.74) is 1.29. The number of benzene rings is 2. The summed E-state index contributed by atoms with van der Waals surface area (Å²) in [4.78, 5) is 63.4. The number of aliphatic hydroxyl groups excluding tert-OH is 1. The van der Waals surface area contributed by atoms with Crippen LogP contribution in [0.25, 0.3) is 6.08 Å². The second-order valence-corrected chi connectivity index (χ2v) is 11.9. The van der Waals surface area contributed by atoms with Crippen LogP contribution in [0.2, 0.25) is 0 Å². The zero-order valence-electron chi connectivity index (χ0n) is 25.9. The van der Waals surface area contributed by atoms with Crippen LogP contribution in [0.4, 0.5) is 0 Å². The summed E-state index contributed by atoms with van der Waals surface area (Å²) in [6.07, 6.45) is 1.10. The molecule has 2 aliphatic heterocycles. The number of rotatable bonds is 11. The maximum Gasteiger partial charge on any atom is 0.348 e. The van der Waals surface area contributed by atoms with Gasteiger partial charge in [0.25, 0.3) is 5.91 Å². The molecule has 248 valence electrons. The predicted molar refractivity (Wildman–Crippen MR) is 164 cm³/mol. The van der Waals surface area contributed by atoms with Crippen molar-refractivity contribution in [2.75, 3.05) is 26.6 Å². The number of carbonyl (C=O) groups excluding carboxylic acids is 5. The lowest BCUT2D eigenvalue weighted by atomic mass is 9.90. The molecule has 0 aromatic heterocycles. The van der Waals surface area contributed by atoms with E-state index in [1.807, 2.05) is 0 Å². The monoisotopic (exact) mass is 648 g/mol. The van der Waals surface area contributed by atoms with Crippen molar-refractivity contribution in [2.24, 2.45) is 5.41 Å². The van der Waals surface area contributed by atoms with Crippen LogP contribution in [0.5, 0.6) is 0 Å². The van der Waals surface area contributed by atoms with Crippen molar-refractivity contribution < 1.29 is 52.8 Å². The lowest BCUT2D eigenvalue weighted by Crippen LogP contribution is -2.43. The molecule has 2 fully saturated rings. The Kier molecular flexibility index (Phi) is 10.5. The molecule has 2 aromatic rings. The average Bonchev–Trinajstić information content (AvgIpc) is 3.65. The van der Waals surface area contributed by atoms with Crippen molar-refractivity contribution in [1.82, 2.24) is 10.6 Å². The second kappa shape index (κ2) is 14.7. The van der Waals surface area contributed by atoms with E-state index in [1.165, 1.54) is 6.08 Å². The highest BCUT2D eigenvalue weighted by Gasteiger charge is 2.46. The normalized spacial score (nSPS) is 23.0. The number of amides is 2. The summed E-state index contributed by atoms with van der Waals surface area (Å²) >= 11 is 0. The first-order valence-corrected chi connectivity index (χ1v) is 15.1. The van der Waals surface area contributed by atoms with Gasteiger partial charge in [0.15, 0.2) is 0 Å². The van der Waals surface area contributed by atoms with Crippen LogP contribution in [0.15, 0.2) is 66.3 Å². The Morgan fingerprint density at radius 2 is 1.83 bits per heavy atom. The van der Waals surface area contributed by atoms with Gasteiger partial charge in [-0.25, -0.2) is 14.4 Å². The Labute approximate surface area is 270 Å². The maximum atomic E-state index is 13.4. The van der Waals surface area contributed by atoms with Crippen LogP contribution >= 0.6 is 0 Å². The predicted octanol–water partition coefficient (Wildman–Crippen LogP) is 1.83. The molecule has 1 aliphatic carbocycles. The smallest absolute Gasteiger partial charge is 0.348 e. The van der Waals surface area contributed by atoms with Gasteiger partial charge in [-0.15, -0.1) is 0 Å². The van der Waals surface area contributed by atoms with Crippen LogP contribution in [-0.4, -0.2) is 85.8 Å². The van der Waals surface area contributed by atoms with Crippen molar-refractivity contribution in [2.45, 2.75) is 51.2 Å². The Balaban J connectivity index is 1.22. The van der Waals surface area contributed by atoms with E-state index >= 15 is 0 Å². The van der Waals surface area contributed by atoms with Gasteiger partial charge in [-0.3, -0.25) is 9.59 Å². The van der Waals surface area contributed by atoms with Crippen molar-refractivity contribution >= 4 is 35.8 Å². The Hall–Kier alpha value is -4.85. The fraction of sp³-hybridized carbons (Fsp3) is 0.382. The minimum absolute atomic E-state index is 0.0350. The van der Waals surface area contributed by atoms with Gasteiger partial charge in [-0.05, 0) is 41.5 Å². The standard InChI is InChI=1S/C34H36N2O11/c1-34(2)18-43-33(42)29(34)47-27(38)11-10-21-7-3-4-9-24(21)32(41)46-26-16-23(15-25-28(26)45-19-44-25)31(40)36-17-20-6-5-8-22(14-20)30(39)35-12-13-37/h3-11,14-15,25-26,28-29,37H,12-13,16-19H2,1-2H3,(H,35,39)(H,36,40)/t25-,26-,28-,29+/m1/s1. The van der Waals surface area contributed by atoms with Crippen LogP contribution in [0.1, 0.15) is 52.1 Å². The number of ether oxygens (including phenoxy) is 5. The van der Waals surface area contributed by atoms with Gasteiger partial charge in [-0.1, -0.05) is 44.2 Å². The van der Waals surface area contributed by atoms with E-state index in [-0.39, 0.29) is 51.0 Å². The number of cyclic esters (lactones) is 1. The summed E-state index contributed by atoms with van der Waals surface area (Å²) < 4.78 is 27.5. The number of hydrogen-bond acceptors (Lipinski definition) is 11. The number of aliphatic hydroxyl groups is 1. The number of esters is 3. The van der Waals surface area contributed by atoms with E-state index in [9.17, 15) is 24.0 Å². The zero-order valence-corrected chi connectivity index (χ0v) is 25.9. The van der Waals surface area contributed by atoms with E-state index in [4.69, 9.17) is 28.8 Å². The van der Waals surface area contributed by atoms with Crippen molar-refractivity contribution in [3.8, 4) is 0 Å².